The van der Waals surface area contributed by atoms with Crippen LogP contribution in [0.2, 0.25) is 0 Å². The Morgan fingerprint density at radius 1 is 1.37 bits per heavy atom. The molecule has 0 aliphatic carbocycles. The maximum absolute atomic E-state index is 11.4. The van der Waals surface area contributed by atoms with Crippen LogP contribution in [-0.4, -0.2) is 18.2 Å². The van der Waals surface area contributed by atoms with Crippen LogP contribution in [0.3, 0.4) is 0 Å². The van der Waals surface area contributed by atoms with Gasteiger partial charge >= 0.3 is 6.09 Å². The Bertz CT molecular complexity index is 499. The van der Waals surface area contributed by atoms with Crippen molar-refractivity contribution in [3.05, 3.63) is 29.3 Å². The number of anilines is 1. The average Bonchev–Trinajstić information content (AvgIpc) is 2.20. The number of carbonyl (C=O) groups is 1. The van der Waals surface area contributed by atoms with Crippen LogP contribution in [-0.2, 0) is 4.74 Å². The Morgan fingerprint density at radius 2 is 2.05 bits per heavy atom. The molecule has 4 nitrogen and oxygen atoms in total. The molecule has 3 N–H and O–H groups in total. The van der Waals surface area contributed by atoms with Crippen LogP contribution in [0.25, 0.3) is 0 Å². The zero-order chi connectivity index (χ0) is 14.5. The largest absolute Gasteiger partial charge is 0.444 e. The topological polar surface area (TPSA) is 64.3 Å². The van der Waals surface area contributed by atoms with E-state index in [9.17, 15) is 4.79 Å². The zero-order valence-corrected chi connectivity index (χ0v) is 11.8. The maximum Gasteiger partial charge on any atom is 0.408 e. The van der Waals surface area contributed by atoms with Gasteiger partial charge in [-0.25, -0.2) is 4.79 Å². The van der Waals surface area contributed by atoms with E-state index in [-0.39, 0.29) is 6.54 Å². The molecule has 19 heavy (non-hydrogen) atoms. The lowest BCUT2D eigenvalue weighted by Crippen LogP contribution is -2.32. The first kappa shape index (κ1) is 14.9. The molecule has 1 rings (SSSR count). The van der Waals surface area contributed by atoms with Crippen LogP contribution >= 0.6 is 0 Å². The van der Waals surface area contributed by atoms with Crippen LogP contribution in [0.1, 0.15) is 31.9 Å². The molecule has 1 aromatic carbocycles. The van der Waals surface area contributed by atoms with Crippen LogP contribution in [0, 0.1) is 18.8 Å². The molecule has 4 heteroatoms. The summed E-state index contributed by atoms with van der Waals surface area (Å²) >= 11 is 0. The number of benzene rings is 1. The van der Waals surface area contributed by atoms with E-state index in [1.54, 1.807) is 6.07 Å². The highest BCUT2D eigenvalue weighted by Crippen LogP contribution is 2.09. The van der Waals surface area contributed by atoms with Crippen molar-refractivity contribution in [2.75, 3.05) is 12.3 Å². The van der Waals surface area contributed by atoms with E-state index in [0.29, 0.717) is 5.69 Å². The lowest BCUT2D eigenvalue weighted by atomic mass is 10.1. The van der Waals surface area contributed by atoms with E-state index in [1.165, 1.54) is 0 Å². The fourth-order valence-corrected chi connectivity index (χ4v) is 1.46. The molecule has 0 atom stereocenters. The van der Waals surface area contributed by atoms with E-state index in [1.807, 2.05) is 39.8 Å². The first-order chi connectivity index (χ1) is 8.76. The van der Waals surface area contributed by atoms with Crippen molar-refractivity contribution in [2.24, 2.45) is 0 Å². The second-order valence-corrected chi connectivity index (χ2v) is 5.29. The van der Waals surface area contributed by atoms with Gasteiger partial charge in [-0.3, -0.25) is 0 Å². The van der Waals surface area contributed by atoms with Gasteiger partial charge in [0.25, 0.3) is 0 Å². The summed E-state index contributed by atoms with van der Waals surface area (Å²) in [4.78, 5) is 11.4. The van der Waals surface area contributed by atoms with Crippen molar-refractivity contribution in [1.29, 1.82) is 0 Å². The van der Waals surface area contributed by atoms with Gasteiger partial charge in [-0.2, -0.15) is 0 Å². The third-order valence-corrected chi connectivity index (χ3v) is 2.05. The highest BCUT2D eigenvalue weighted by molar-refractivity contribution is 5.68. The predicted molar refractivity (Wildman–Crippen MR) is 76.7 cm³/mol. The molecular formula is C15H20N2O2. The molecule has 1 aromatic rings. The summed E-state index contributed by atoms with van der Waals surface area (Å²) in [7, 11) is 0. The van der Waals surface area contributed by atoms with E-state index < -0.39 is 11.7 Å². The van der Waals surface area contributed by atoms with Gasteiger partial charge in [-0.1, -0.05) is 11.8 Å². The quantitative estimate of drug-likeness (QED) is 0.602. The molecule has 0 aliphatic heterocycles. The number of hydrogen-bond acceptors (Lipinski definition) is 3. The third kappa shape index (κ3) is 6.37. The molecule has 102 valence electrons. The predicted octanol–water partition coefficient (Wildman–Crippen LogP) is 2.45. The monoisotopic (exact) mass is 260 g/mol. The number of hydrogen-bond donors (Lipinski definition) is 2. The smallest absolute Gasteiger partial charge is 0.408 e. The van der Waals surface area contributed by atoms with E-state index in [4.69, 9.17) is 10.5 Å². The van der Waals surface area contributed by atoms with Crippen LogP contribution in [0.4, 0.5) is 10.5 Å². The molecule has 0 bridgehead atoms. The maximum atomic E-state index is 11.4. The molecule has 1 amide bonds. The SMILES string of the molecule is Cc1cc(N)cc(C#CCNC(=O)OC(C)(C)C)c1. The number of rotatable bonds is 1. The molecule has 0 saturated heterocycles. The van der Waals surface area contributed by atoms with Crippen LogP contribution in [0.15, 0.2) is 18.2 Å². The molecule has 0 aromatic heterocycles. The summed E-state index contributed by atoms with van der Waals surface area (Å²) in [5, 5.41) is 2.57. The number of nitrogens with two attached hydrogens (primary N) is 1. The highest BCUT2D eigenvalue weighted by Gasteiger charge is 2.14. The lowest BCUT2D eigenvalue weighted by molar-refractivity contribution is 0.0535. The Labute approximate surface area is 114 Å². The molecule has 0 aliphatic rings. The number of ether oxygens (including phenoxy) is 1. The Hall–Kier alpha value is -2.15. The molecule has 0 fully saturated rings. The van der Waals surface area contributed by atoms with Crippen molar-refractivity contribution in [2.45, 2.75) is 33.3 Å². The van der Waals surface area contributed by atoms with Crippen LogP contribution in [0.5, 0.6) is 0 Å². The number of alkyl carbamates (subject to hydrolysis) is 1. The van der Waals surface area contributed by atoms with Gasteiger partial charge in [0.1, 0.15) is 5.60 Å². The fourth-order valence-electron chi connectivity index (χ4n) is 1.46. The van der Waals surface area contributed by atoms with E-state index in [2.05, 4.69) is 17.2 Å². The second kappa shape index (κ2) is 6.14. The molecule has 0 saturated carbocycles. The van der Waals surface area contributed by atoms with Gasteiger partial charge in [-0.05, 0) is 51.5 Å². The zero-order valence-electron chi connectivity index (χ0n) is 11.8. The summed E-state index contributed by atoms with van der Waals surface area (Å²) in [6.07, 6.45) is -0.467. The Balaban J connectivity index is 2.50. The number of carbonyl (C=O) groups excluding carboxylic acids is 1. The summed E-state index contributed by atoms with van der Waals surface area (Å²) in [5.74, 6) is 5.80. The molecular weight excluding hydrogens is 240 g/mol. The van der Waals surface area contributed by atoms with Gasteiger partial charge in [0.05, 0.1) is 6.54 Å². The van der Waals surface area contributed by atoms with Crippen molar-refractivity contribution in [3.8, 4) is 11.8 Å². The number of nitrogens with one attached hydrogen (secondary N) is 1. The standard InChI is InChI=1S/C15H20N2O2/c1-11-8-12(10-13(16)9-11)6-5-7-17-14(18)19-15(2,3)4/h8-10H,7,16H2,1-4H3,(H,17,18). The summed E-state index contributed by atoms with van der Waals surface area (Å²) in [5.41, 5.74) is 7.81. The van der Waals surface area contributed by atoms with Gasteiger partial charge in [-0.15, -0.1) is 0 Å². The van der Waals surface area contributed by atoms with E-state index in [0.717, 1.165) is 11.1 Å². The van der Waals surface area contributed by atoms with Crippen molar-refractivity contribution in [3.63, 3.8) is 0 Å². The summed E-state index contributed by atoms with van der Waals surface area (Å²) in [6.45, 7) is 7.64. The normalized spacial score (nSPS) is 10.3. The first-order valence-electron chi connectivity index (χ1n) is 6.09. The van der Waals surface area contributed by atoms with Crippen molar-refractivity contribution in [1.82, 2.24) is 5.32 Å². The van der Waals surface area contributed by atoms with Gasteiger partial charge in [0.2, 0.25) is 0 Å². The van der Waals surface area contributed by atoms with Crippen molar-refractivity contribution < 1.29 is 9.53 Å². The lowest BCUT2D eigenvalue weighted by Gasteiger charge is -2.19. The Morgan fingerprint density at radius 3 is 2.63 bits per heavy atom. The van der Waals surface area contributed by atoms with Gasteiger partial charge in [0, 0.05) is 11.3 Å². The van der Waals surface area contributed by atoms with E-state index >= 15 is 0 Å². The Kier molecular flexibility index (Phi) is 4.82. The molecule has 0 heterocycles. The number of amides is 1. The fraction of sp³-hybridized carbons (Fsp3) is 0.400. The second-order valence-electron chi connectivity index (χ2n) is 5.29. The summed E-state index contributed by atoms with van der Waals surface area (Å²) in [6, 6.07) is 5.62. The molecule has 0 spiro atoms. The molecule has 0 radical (unpaired) electrons. The highest BCUT2D eigenvalue weighted by atomic mass is 16.6. The minimum Gasteiger partial charge on any atom is -0.444 e. The molecule has 0 unspecified atom stereocenters. The number of aryl methyl sites for hydroxylation is 1. The van der Waals surface area contributed by atoms with Gasteiger partial charge in [0.15, 0.2) is 0 Å². The summed E-state index contributed by atoms with van der Waals surface area (Å²) < 4.78 is 5.09. The minimum atomic E-state index is -0.498. The van der Waals surface area contributed by atoms with Gasteiger partial charge < -0.3 is 15.8 Å². The number of nitrogen functional groups attached to an aromatic ring is 1. The third-order valence-electron chi connectivity index (χ3n) is 2.05. The average molecular weight is 260 g/mol. The van der Waals surface area contributed by atoms with Crippen LogP contribution < -0.4 is 11.1 Å². The minimum absolute atomic E-state index is 0.239. The first-order valence-corrected chi connectivity index (χ1v) is 6.09. The van der Waals surface area contributed by atoms with Crippen molar-refractivity contribution >= 4 is 11.8 Å².